The van der Waals surface area contributed by atoms with E-state index in [1.54, 1.807) is 36.2 Å². The summed E-state index contributed by atoms with van der Waals surface area (Å²) in [6.45, 7) is 2.88. The molecule has 0 saturated heterocycles. The van der Waals surface area contributed by atoms with Gasteiger partial charge in [0.25, 0.3) is 5.91 Å². The van der Waals surface area contributed by atoms with E-state index in [1.807, 2.05) is 13.0 Å². The van der Waals surface area contributed by atoms with Crippen LogP contribution in [0.4, 0.5) is 4.79 Å². The Morgan fingerprint density at radius 3 is 2.73 bits per heavy atom. The maximum Gasteiger partial charge on any atom is 0.322 e. The number of nitriles is 1. The van der Waals surface area contributed by atoms with Crippen LogP contribution in [-0.4, -0.2) is 65.8 Å². The van der Waals surface area contributed by atoms with E-state index >= 15 is 0 Å². The Bertz CT molecular complexity index is 939. The molecule has 2 aliphatic rings. The fourth-order valence-electron chi connectivity index (χ4n) is 3.77. The predicted molar refractivity (Wildman–Crippen MR) is 111 cm³/mol. The highest BCUT2D eigenvalue weighted by Crippen LogP contribution is 2.37. The third-order valence-electron chi connectivity index (χ3n) is 5.32. The van der Waals surface area contributed by atoms with Gasteiger partial charge in [-0.1, -0.05) is 36.7 Å². The Kier molecular flexibility index (Phi) is 6.63. The maximum absolute atomic E-state index is 13.2. The summed E-state index contributed by atoms with van der Waals surface area (Å²) in [4.78, 5) is 43.0. The van der Waals surface area contributed by atoms with Crippen molar-refractivity contribution in [2.24, 2.45) is 0 Å². The molecule has 1 atom stereocenters. The molecule has 158 valence electrons. The smallest absolute Gasteiger partial charge is 0.322 e. The molecule has 1 aromatic rings. The fourth-order valence-corrected chi connectivity index (χ4v) is 4.02. The average molecular weight is 430 g/mol. The van der Waals surface area contributed by atoms with Crippen molar-refractivity contribution >= 4 is 29.4 Å². The van der Waals surface area contributed by atoms with Crippen molar-refractivity contribution in [2.75, 3.05) is 33.2 Å². The highest BCUT2D eigenvalue weighted by molar-refractivity contribution is 6.31. The van der Waals surface area contributed by atoms with Gasteiger partial charge in [-0.25, -0.2) is 4.79 Å². The summed E-state index contributed by atoms with van der Waals surface area (Å²) >= 11 is 6.33. The minimum atomic E-state index is -0.671. The average Bonchev–Trinajstić information content (AvgIpc) is 3.05. The number of nitrogens with zero attached hydrogens (tertiary/aromatic N) is 4. The van der Waals surface area contributed by atoms with Gasteiger partial charge in [0.1, 0.15) is 6.54 Å². The van der Waals surface area contributed by atoms with Gasteiger partial charge in [-0.2, -0.15) is 5.26 Å². The molecule has 0 spiro atoms. The van der Waals surface area contributed by atoms with Crippen LogP contribution < -0.4 is 5.32 Å². The van der Waals surface area contributed by atoms with E-state index in [1.165, 1.54) is 9.80 Å². The van der Waals surface area contributed by atoms with Crippen LogP contribution in [0.2, 0.25) is 5.02 Å². The second-order valence-corrected chi connectivity index (χ2v) is 7.68. The molecule has 0 fully saturated rings. The van der Waals surface area contributed by atoms with Crippen molar-refractivity contribution < 1.29 is 14.4 Å². The molecule has 0 radical (unpaired) electrons. The molecule has 8 nitrogen and oxygen atoms in total. The molecule has 2 aliphatic heterocycles. The van der Waals surface area contributed by atoms with E-state index in [2.05, 4.69) is 5.32 Å². The molecule has 9 heteroatoms. The van der Waals surface area contributed by atoms with Gasteiger partial charge in [0.15, 0.2) is 0 Å². The van der Waals surface area contributed by atoms with Crippen LogP contribution in [0.3, 0.4) is 0 Å². The van der Waals surface area contributed by atoms with Gasteiger partial charge < -0.3 is 15.1 Å². The number of likely N-dealkylation sites (N-methyl/N-ethyl adjacent to an activating group) is 1. The molecule has 2 heterocycles. The quantitative estimate of drug-likeness (QED) is 0.719. The first kappa shape index (κ1) is 21.7. The molecular weight excluding hydrogens is 406 g/mol. The van der Waals surface area contributed by atoms with E-state index in [0.717, 1.165) is 6.42 Å². The van der Waals surface area contributed by atoms with Crippen LogP contribution >= 0.6 is 11.6 Å². The number of rotatable bonds is 7. The van der Waals surface area contributed by atoms with Crippen molar-refractivity contribution in [2.45, 2.75) is 25.8 Å². The molecule has 4 amide bonds. The zero-order chi connectivity index (χ0) is 21.8. The number of benzene rings is 1. The van der Waals surface area contributed by atoms with Gasteiger partial charge in [0, 0.05) is 25.2 Å². The van der Waals surface area contributed by atoms with Crippen LogP contribution in [-0.2, 0) is 9.59 Å². The molecule has 30 heavy (non-hydrogen) atoms. The van der Waals surface area contributed by atoms with Crippen LogP contribution in [0.1, 0.15) is 31.4 Å². The lowest BCUT2D eigenvalue weighted by Gasteiger charge is -2.31. The summed E-state index contributed by atoms with van der Waals surface area (Å²) in [6.07, 6.45) is 1.000. The molecule has 1 aromatic carbocycles. The first-order chi connectivity index (χ1) is 14.4. The topological polar surface area (TPSA) is 96.7 Å². The van der Waals surface area contributed by atoms with Crippen LogP contribution in [0, 0.1) is 11.3 Å². The van der Waals surface area contributed by atoms with Crippen LogP contribution in [0.15, 0.2) is 35.5 Å². The number of carbonyl (C=O) groups is 3. The third-order valence-corrected chi connectivity index (χ3v) is 5.66. The molecular formula is C21H24ClN5O3. The van der Waals surface area contributed by atoms with E-state index in [9.17, 15) is 14.4 Å². The SMILES string of the molecule is CCCN(CCC#N)C(=O)CN1CC2=C(C1=O)[C@@H](c1ccccc1Cl)NC(=O)N2C. The second-order valence-electron chi connectivity index (χ2n) is 7.27. The summed E-state index contributed by atoms with van der Waals surface area (Å²) in [6, 6.07) is 8.10. The Balaban J connectivity index is 1.84. The van der Waals surface area contributed by atoms with E-state index < -0.39 is 6.04 Å². The van der Waals surface area contributed by atoms with Gasteiger partial charge in [-0.3, -0.25) is 14.5 Å². The van der Waals surface area contributed by atoms with Gasteiger partial charge in [0.05, 0.1) is 36.3 Å². The normalized spacial score (nSPS) is 18.3. The Morgan fingerprint density at radius 2 is 2.07 bits per heavy atom. The number of hydrogen-bond donors (Lipinski definition) is 1. The molecule has 3 rings (SSSR count). The van der Waals surface area contributed by atoms with Gasteiger partial charge in [-0.15, -0.1) is 0 Å². The predicted octanol–water partition coefficient (Wildman–Crippen LogP) is 2.28. The highest BCUT2D eigenvalue weighted by atomic mass is 35.5. The van der Waals surface area contributed by atoms with Gasteiger partial charge in [0.2, 0.25) is 5.91 Å². The standard InChI is InChI=1S/C21H24ClN5O3/c1-3-10-26(11-6-9-23)17(28)13-27-12-16-18(20(27)29)19(24-21(30)25(16)2)14-7-4-5-8-15(14)22/h4-5,7-8,19H,3,6,10-13H2,1-2H3,(H,24,30)/t19-/m1/s1. The molecule has 0 unspecified atom stereocenters. The highest BCUT2D eigenvalue weighted by Gasteiger charge is 2.44. The fraction of sp³-hybridized carbons (Fsp3) is 0.429. The summed E-state index contributed by atoms with van der Waals surface area (Å²) in [5.41, 5.74) is 1.63. The summed E-state index contributed by atoms with van der Waals surface area (Å²) in [7, 11) is 1.60. The zero-order valence-corrected chi connectivity index (χ0v) is 17.8. The van der Waals surface area contributed by atoms with E-state index in [-0.39, 0.29) is 37.4 Å². The largest absolute Gasteiger partial charge is 0.340 e. The van der Waals surface area contributed by atoms with Crippen LogP contribution in [0.25, 0.3) is 0 Å². The van der Waals surface area contributed by atoms with Crippen molar-refractivity contribution in [3.8, 4) is 6.07 Å². The van der Waals surface area contributed by atoms with Crippen molar-refractivity contribution in [1.29, 1.82) is 5.26 Å². The summed E-state index contributed by atoms with van der Waals surface area (Å²) < 4.78 is 0. The molecule has 0 bridgehead atoms. The number of nitrogens with one attached hydrogen (secondary N) is 1. The minimum absolute atomic E-state index is 0.103. The Hall–Kier alpha value is -3.05. The zero-order valence-electron chi connectivity index (χ0n) is 17.0. The lowest BCUT2D eigenvalue weighted by molar-refractivity contribution is -0.137. The molecule has 0 aromatic heterocycles. The first-order valence-electron chi connectivity index (χ1n) is 9.84. The molecule has 0 saturated carbocycles. The minimum Gasteiger partial charge on any atom is -0.340 e. The molecule has 0 aliphatic carbocycles. The first-order valence-corrected chi connectivity index (χ1v) is 10.2. The summed E-state index contributed by atoms with van der Waals surface area (Å²) in [5, 5.41) is 12.1. The van der Waals surface area contributed by atoms with Crippen molar-refractivity contribution in [3.05, 3.63) is 46.1 Å². The van der Waals surface area contributed by atoms with Crippen molar-refractivity contribution in [1.82, 2.24) is 20.0 Å². The van der Waals surface area contributed by atoms with Crippen molar-refractivity contribution in [3.63, 3.8) is 0 Å². The Labute approximate surface area is 180 Å². The lowest BCUT2D eigenvalue weighted by atomic mass is 9.96. The summed E-state index contributed by atoms with van der Waals surface area (Å²) in [5.74, 6) is -0.511. The second kappa shape index (κ2) is 9.18. The number of halogens is 1. The van der Waals surface area contributed by atoms with E-state index in [4.69, 9.17) is 16.9 Å². The number of amides is 4. The van der Waals surface area contributed by atoms with Gasteiger partial charge in [-0.05, 0) is 18.1 Å². The number of urea groups is 1. The third kappa shape index (κ3) is 4.12. The lowest BCUT2D eigenvalue weighted by Crippen LogP contribution is -2.45. The maximum atomic E-state index is 13.2. The van der Waals surface area contributed by atoms with Gasteiger partial charge >= 0.3 is 6.03 Å². The monoisotopic (exact) mass is 429 g/mol. The molecule has 1 N–H and O–H groups in total. The number of carbonyl (C=O) groups excluding carboxylic acids is 3. The van der Waals surface area contributed by atoms with E-state index in [0.29, 0.717) is 34.9 Å². The number of hydrogen-bond acceptors (Lipinski definition) is 4. The van der Waals surface area contributed by atoms with Crippen LogP contribution in [0.5, 0.6) is 0 Å². The Morgan fingerprint density at radius 1 is 1.33 bits per heavy atom.